The standard InChI is InChI=1S/C24H30N2O4.ClH/c1-26(15-13-18-8-5-6-10-22(18)29-2)14-7-3-4-9-21(27)19-11-12-23-20(16-19)25-24(28)17-30-23;/h5-6,8,10-12,16H,3-4,7,9,13-15,17H2,1-2H3,(H,25,28);1H. The fourth-order valence-corrected chi connectivity index (χ4v) is 3.58. The van der Waals surface area contributed by atoms with Crippen LogP contribution in [0.5, 0.6) is 11.5 Å². The number of nitrogens with zero attached hydrogens (tertiary/aromatic N) is 1. The van der Waals surface area contributed by atoms with E-state index in [1.807, 2.05) is 18.2 Å². The zero-order valence-corrected chi connectivity index (χ0v) is 19.0. The summed E-state index contributed by atoms with van der Waals surface area (Å²) in [6.07, 6.45) is 4.40. The van der Waals surface area contributed by atoms with Crippen LogP contribution in [0.15, 0.2) is 42.5 Å². The fourth-order valence-electron chi connectivity index (χ4n) is 3.58. The van der Waals surface area contributed by atoms with Crippen molar-refractivity contribution in [2.45, 2.75) is 32.1 Å². The normalized spacial score (nSPS) is 12.4. The van der Waals surface area contributed by atoms with Crippen molar-refractivity contribution >= 4 is 29.8 Å². The lowest BCUT2D eigenvalue weighted by Crippen LogP contribution is -2.25. The molecule has 0 unspecified atom stereocenters. The zero-order valence-electron chi connectivity index (χ0n) is 18.2. The third kappa shape index (κ3) is 7.26. The molecule has 2 aromatic carbocycles. The number of hydrogen-bond acceptors (Lipinski definition) is 5. The predicted octanol–water partition coefficient (Wildman–Crippen LogP) is 4.37. The molecule has 0 bridgehead atoms. The lowest BCUT2D eigenvalue weighted by atomic mass is 10.0. The summed E-state index contributed by atoms with van der Waals surface area (Å²) in [5.41, 5.74) is 2.42. The van der Waals surface area contributed by atoms with Crippen LogP contribution in [0.4, 0.5) is 5.69 Å². The first-order chi connectivity index (χ1) is 14.6. The molecule has 1 aliphatic heterocycles. The highest BCUT2D eigenvalue weighted by Gasteiger charge is 2.17. The summed E-state index contributed by atoms with van der Waals surface area (Å²) in [4.78, 5) is 26.2. The summed E-state index contributed by atoms with van der Waals surface area (Å²) in [6.45, 7) is 2.00. The fraction of sp³-hybridized carbons (Fsp3) is 0.417. The summed E-state index contributed by atoms with van der Waals surface area (Å²) in [5.74, 6) is 1.46. The highest BCUT2D eigenvalue weighted by Crippen LogP contribution is 2.29. The number of amides is 1. The number of unbranched alkanes of at least 4 members (excludes halogenated alkanes) is 2. The molecule has 0 saturated heterocycles. The minimum atomic E-state index is -0.193. The molecular weight excluding hydrogens is 416 g/mol. The molecule has 3 rings (SSSR count). The van der Waals surface area contributed by atoms with Gasteiger partial charge >= 0.3 is 0 Å². The number of ketones is 1. The van der Waals surface area contributed by atoms with Crippen molar-refractivity contribution in [3.05, 3.63) is 53.6 Å². The summed E-state index contributed by atoms with van der Waals surface area (Å²) < 4.78 is 10.7. The summed E-state index contributed by atoms with van der Waals surface area (Å²) in [7, 11) is 3.84. The van der Waals surface area contributed by atoms with Crippen LogP contribution in [0.3, 0.4) is 0 Å². The molecule has 6 nitrogen and oxygen atoms in total. The number of carbonyl (C=O) groups is 2. The molecule has 0 radical (unpaired) electrons. The monoisotopic (exact) mass is 446 g/mol. The van der Waals surface area contributed by atoms with Crippen LogP contribution in [0.25, 0.3) is 0 Å². The molecule has 1 heterocycles. The van der Waals surface area contributed by atoms with Gasteiger partial charge in [0.1, 0.15) is 11.5 Å². The number of hydrogen-bond donors (Lipinski definition) is 1. The Hall–Kier alpha value is -2.57. The van der Waals surface area contributed by atoms with E-state index in [1.165, 1.54) is 5.56 Å². The smallest absolute Gasteiger partial charge is 0.262 e. The number of halogens is 1. The Morgan fingerprint density at radius 2 is 1.94 bits per heavy atom. The van der Waals surface area contributed by atoms with Gasteiger partial charge in [0.25, 0.3) is 5.91 Å². The Kier molecular flexibility index (Phi) is 9.82. The Morgan fingerprint density at radius 3 is 2.74 bits per heavy atom. The molecule has 7 heteroatoms. The molecule has 0 spiro atoms. The minimum Gasteiger partial charge on any atom is -0.496 e. The van der Waals surface area contributed by atoms with E-state index < -0.39 is 0 Å². The SMILES string of the molecule is COc1ccccc1CCN(C)CCCCCC(=O)c1ccc2c(c1)NC(=O)CO2.Cl. The molecule has 1 N–H and O–H groups in total. The first-order valence-electron chi connectivity index (χ1n) is 10.5. The van der Waals surface area contributed by atoms with Crippen molar-refractivity contribution in [3.63, 3.8) is 0 Å². The number of nitrogens with one attached hydrogen (secondary N) is 1. The van der Waals surface area contributed by atoms with Gasteiger partial charge in [-0.1, -0.05) is 24.6 Å². The predicted molar refractivity (Wildman–Crippen MR) is 125 cm³/mol. The molecule has 168 valence electrons. The number of Topliss-reactive ketones (excluding diaryl/α,β-unsaturated/α-hetero) is 1. The molecule has 0 saturated carbocycles. The van der Waals surface area contributed by atoms with Crippen molar-refractivity contribution in [1.82, 2.24) is 4.90 Å². The number of rotatable bonds is 11. The third-order valence-corrected chi connectivity index (χ3v) is 5.33. The summed E-state index contributed by atoms with van der Waals surface area (Å²) in [6, 6.07) is 13.4. The van der Waals surface area contributed by atoms with Gasteiger partial charge in [-0.25, -0.2) is 0 Å². The quantitative estimate of drug-likeness (QED) is 0.410. The van der Waals surface area contributed by atoms with E-state index in [2.05, 4.69) is 23.3 Å². The van der Waals surface area contributed by atoms with Crippen molar-refractivity contribution in [2.24, 2.45) is 0 Å². The number of ether oxygens (including phenoxy) is 2. The average molecular weight is 447 g/mol. The highest BCUT2D eigenvalue weighted by atomic mass is 35.5. The first-order valence-corrected chi connectivity index (χ1v) is 10.5. The number of methoxy groups -OCH3 is 1. The van der Waals surface area contributed by atoms with Crippen LogP contribution >= 0.6 is 12.4 Å². The second-order valence-corrected chi connectivity index (χ2v) is 7.65. The Balaban J connectivity index is 0.00000341. The van der Waals surface area contributed by atoms with Crippen LogP contribution in [0.1, 0.15) is 41.6 Å². The minimum absolute atomic E-state index is 0. The van der Waals surface area contributed by atoms with Gasteiger partial charge in [-0.15, -0.1) is 12.4 Å². The van der Waals surface area contributed by atoms with E-state index in [4.69, 9.17) is 9.47 Å². The maximum Gasteiger partial charge on any atom is 0.262 e. The van der Waals surface area contributed by atoms with Gasteiger partial charge in [0.05, 0.1) is 12.8 Å². The van der Waals surface area contributed by atoms with Crippen LogP contribution in [0, 0.1) is 0 Å². The molecule has 1 amide bonds. The van der Waals surface area contributed by atoms with E-state index in [-0.39, 0.29) is 30.7 Å². The van der Waals surface area contributed by atoms with Gasteiger partial charge in [0, 0.05) is 18.5 Å². The van der Waals surface area contributed by atoms with E-state index >= 15 is 0 Å². The van der Waals surface area contributed by atoms with Crippen molar-refractivity contribution in [1.29, 1.82) is 0 Å². The van der Waals surface area contributed by atoms with Crippen LogP contribution in [0.2, 0.25) is 0 Å². The van der Waals surface area contributed by atoms with E-state index in [1.54, 1.807) is 25.3 Å². The largest absolute Gasteiger partial charge is 0.496 e. The molecular formula is C24H31ClN2O4. The average Bonchev–Trinajstić information content (AvgIpc) is 2.76. The molecule has 1 aliphatic rings. The highest BCUT2D eigenvalue weighted by molar-refractivity contribution is 6.00. The maximum atomic E-state index is 12.5. The maximum absolute atomic E-state index is 12.5. The molecule has 0 aromatic heterocycles. The summed E-state index contributed by atoms with van der Waals surface area (Å²) in [5, 5.41) is 2.75. The van der Waals surface area contributed by atoms with Gasteiger partial charge in [-0.3, -0.25) is 9.59 Å². The van der Waals surface area contributed by atoms with Gasteiger partial charge < -0.3 is 19.7 Å². The lowest BCUT2D eigenvalue weighted by molar-refractivity contribution is -0.118. The Labute approximate surface area is 190 Å². The van der Waals surface area contributed by atoms with Crippen LogP contribution in [-0.2, 0) is 11.2 Å². The molecule has 0 aliphatic carbocycles. The van der Waals surface area contributed by atoms with Crippen LogP contribution < -0.4 is 14.8 Å². The number of benzene rings is 2. The third-order valence-electron chi connectivity index (χ3n) is 5.33. The van der Waals surface area contributed by atoms with Crippen molar-refractivity contribution < 1.29 is 19.1 Å². The molecule has 31 heavy (non-hydrogen) atoms. The van der Waals surface area contributed by atoms with Crippen molar-refractivity contribution in [3.8, 4) is 11.5 Å². The van der Waals surface area contributed by atoms with Gasteiger partial charge in [0.2, 0.25) is 0 Å². The van der Waals surface area contributed by atoms with Gasteiger partial charge in [0.15, 0.2) is 12.4 Å². The van der Waals surface area contributed by atoms with E-state index in [0.29, 0.717) is 23.4 Å². The van der Waals surface area contributed by atoms with Gasteiger partial charge in [-0.05, 0) is 62.7 Å². The first kappa shape index (κ1) is 24.7. The van der Waals surface area contributed by atoms with Crippen LogP contribution in [-0.4, -0.2) is 50.4 Å². The topological polar surface area (TPSA) is 67.9 Å². The summed E-state index contributed by atoms with van der Waals surface area (Å²) >= 11 is 0. The number of para-hydroxylation sites is 1. The molecule has 0 atom stereocenters. The Bertz CT molecular complexity index is 888. The van der Waals surface area contributed by atoms with E-state index in [9.17, 15) is 9.59 Å². The van der Waals surface area contributed by atoms with E-state index in [0.717, 1.165) is 44.5 Å². The second kappa shape index (κ2) is 12.3. The number of likely N-dealkylation sites (N-methyl/N-ethyl adjacent to an activating group) is 1. The number of fused-ring (bicyclic) bond motifs is 1. The zero-order chi connectivity index (χ0) is 21.3. The number of carbonyl (C=O) groups excluding carboxylic acids is 2. The van der Waals surface area contributed by atoms with Crippen molar-refractivity contribution in [2.75, 3.05) is 39.2 Å². The second-order valence-electron chi connectivity index (χ2n) is 7.65. The Morgan fingerprint density at radius 1 is 1.13 bits per heavy atom. The lowest BCUT2D eigenvalue weighted by Gasteiger charge is -2.18. The molecule has 2 aromatic rings. The molecule has 0 fully saturated rings. The van der Waals surface area contributed by atoms with Gasteiger partial charge in [-0.2, -0.15) is 0 Å². The number of anilines is 1.